The van der Waals surface area contributed by atoms with E-state index in [-0.39, 0.29) is 6.10 Å². The van der Waals surface area contributed by atoms with Gasteiger partial charge in [-0.25, -0.2) is 0 Å². The minimum atomic E-state index is -0.0324. The highest BCUT2D eigenvalue weighted by molar-refractivity contribution is 4.82. The van der Waals surface area contributed by atoms with E-state index in [0.717, 1.165) is 18.3 Å². The molecule has 0 saturated heterocycles. The predicted molar refractivity (Wildman–Crippen MR) is 56.5 cm³/mol. The van der Waals surface area contributed by atoms with Gasteiger partial charge in [0.15, 0.2) is 0 Å². The lowest BCUT2D eigenvalue weighted by Crippen LogP contribution is -2.34. The molecule has 0 radical (unpaired) electrons. The molecular formula is C12H24O. The SMILES string of the molecule is CC(C)C1CCC(O)C(C(C)C)C1. The molecule has 0 aromatic rings. The van der Waals surface area contributed by atoms with Gasteiger partial charge in [0.2, 0.25) is 0 Å². The van der Waals surface area contributed by atoms with Crippen molar-refractivity contribution in [2.75, 3.05) is 0 Å². The molecule has 1 aliphatic rings. The summed E-state index contributed by atoms with van der Waals surface area (Å²) in [4.78, 5) is 0. The summed E-state index contributed by atoms with van der Waals surface area (Å²) in [5, 5.41) is 9.84. The second kappa shape index (κ2) is 4.45. The average molecular weight is 184 g/mol. The van der Waals surface area contributed by atoms with Crippen LogP contribution in [0.2, 0.25) is 0 Å². The highest BCUT2D eigenvalue weighted by Crippen LogP contribution is 2.37. The van der Waals surface area contributed by atoms with E-state index in [4.69, 9.17) is 0 Å². The Labute approximate surface area is 82.5 Å². The van der Waals surface area contributed by atoms with E-state index in [1.54, 1.807) is 0 Å². The molecule has 0 aromatic heterocycles. The summed E-state index contributed by atoms with van der Waals surface area (Å²) in [6.07, 6.45) is 3.44. The van der Waals surface area contributed by atoms with Gasteiger partial charge in [-0.1, -0.05) is 27.7 Å². The van der Waals surface area contributed by atoms with E-state index in [0.29, 0.717) is 11.8 Å². The van der Waals surface area contributed by atoms with E-state index in [2.05, 4.69) is 27.7 Å². The second-order valence-electron chi connectivity index (χ2n) is 5.29. The Morgan fingerprint density at radius 1 is 1.00 bits per heavy atom. The largest absolute Gasteiger partial charge is 0.393 e. The van der Waals surface area contributed by atoms with Crippen LogP contribution in [-0.2, 0) is 0 Å². The minimum Gasteiger partial charge on any atom is -0.393 e. The fourth-order valence-electron chi connectivity index (χ4n) is 2.55. The maximum atomic E-state index is 9.84. The van der Waals surface area contributed by atoms with E-state index >= 15 is 0 Å². The van der Waals surface area contributed by atoms with Crippen LogP contribution >= 0.6 is 0 Å². The first kappa shape index (κ1) is 11.0. The van der Waals surface area contributed by atoms with Gasteiger partial charge >= 0.3 is 0 Å². The monoisotopic (exact) mass is 184 g/mol. The molecule has 0 bridgehead atoms. The quantitative estimate of drug-likeness (QED) is 0.699. The predicted octanol–water partition coefficient (Wildman–Crippen LogP) is 3.08. The Balaban J connectivity index is 2.53. The summed E-state index contributed by atoms with van der Waals surface area (Å²) in [6.45, 7) is 9.08. The summed E-state index contributed by atoms with van der Waals surface area (Å²) < 4.78 is 0. The molecule has 1 fully saturated rings. The Morgan fingerprint density at radius 2 is 1.62 bits per heavy atom. The second-order valence-corrected chi connectivity index (χ2v) is 5.29. The van der Waals surface area contributed by atoms with Crippen molar-refractivity contribution >= 4 is 0 Å². The standard InChI is InChI=1S/C12H24O/c1-8(2)10-5-6-12(13)11(7-10)9(3)4/h8-13H,5-7H2,1-4H3. The van der Waals surface area contributed by atoms with Crippen LogP contribution < -0.4 is 0 Å². The van der Waals surface area contributed by atoms with Gasteiger partial charge in [0, 0.05) is 0 Å². The molecule has 1 rings (SSSR count). The molecule has 0 heterocycles. The van der Waals surface area contributed by atoms with Gasteiger partial charge in [0.1, 0.15) is 0 Å². The number of aliphatic hydroxyl groups is 1. The van der Waals surface area contributed by atoms with Crippen LogP contribution in [0.25, 0.3) is 0 Å². The third kappa shape index (κ3) is 2.70. The number of rotatable bonds is 2. The maximum absolute atomic E-state index is 9.84. The van der Waals surface area contributed by atoms with E-state index in [9.17, 15) is 5.11 Å². The van der Waals surface area contributed by atoms with Gasteiger partial charge in [0.05, 0.1) is 6.10 Å². The van der Waals surface area contributed by atoms with Crippen molar-refractivity contribution in [3.63, 3.8) is 0 Å². The van der Waals surface area contributed by atoms with Crippen molar-refractivity contribution in [3.05, 3.63) is 0 Å². The zero-order valence-electron chi connectivity index (χ0n) is 9.46. The van der Waals surface area contributed by atoms with Crippen LogP contribution in [0.3, 0.4) is 0 Å². The smallest absolute Gasteiger partial charge is 0.0571 e. The first-order chi connectivity index (χ1) is 6.02. The van der Waals surface area contributed by atoms with Crippen LogP contribution in [0.1, 0.15) is 47.0 Å². The summed E-state index contributed by atoms with van der Waals surface area (Å²) in [5.41, 5.74) is 0. The summed E-state index contributed by atoms with van der Waals surface area (Å²) in [6, 6.07) is 0. The van der Waals surface area contributed by atoms with Crippen molar-refractivity contribution in [3.8, 4) is 0 Å². The Bertz CT molecular complexity index is 151. The van der Waals surface area contributed by atoms with E-state index in [1.807, 2.05) is 0 Å². The van der Waals surface area contributed by atoms with Crippen LogP contribution in [-0.4, -0.2) is 11.2 Å². The lowest BCUT2D eigenvalue weighted by molar-refractivity contribution is 0.0155. The van der Waals surface area contributed by atoms with Crippen molar-refractivity contribution in [1.29, 1.82) is 0 Å². The van der Waals surface area contributed by atoms with Gasteiger partial charge in [-0.3, -0.25) is 0 Å². The summed E-state index contributed by atoms with van der Waals surface area (Å²) >= 11 is 0. The van der Waals surface area contributed by atoms with Crippen molar-refractivity contribution in [2.24, 2.45) is 23.7 Å². The Hall–Kier alpha value is -0.0400. The summed E-state index contributed by atoms with van der Waals surface area (Å²) in [7, 11) is 0. The molecule has 0 amide bonds. The zero-order valence-corrected chi connectivity index (χ0v) is 9.46. The normalized spacial score (nSPS) is 35.8. The lowest BCUT2D eigenvalue weighted by atomic mass is 9.71. The summed E-state index contributed by atoms with van der Waals surface area (Å²) in [5.74, 6) is 2.81. The van der Waals surface area contributed by atoms with Gasteiger partial charge in [-0.05, 0) is 42.9 Å². The molecule has 3 unspecified atom stereocenters. The molecular weight excluding hydrogens is 160 g/mol. The molecule has 0 spiro atoms. The Kier molecular flexibility index (Phi) is 3.78. The van der Waals surface area contributed by atoms with Gasteiger partial charge in [0.25, 0.3) is 0 Å². The fraction of sp³-hybridized carbons (Fsp3) is 1.00. The average Bonchev–Trinajstić information content (AvgIpc) is 2.04. The van der Waals surface area contributed by atoms with E-state index < -0.39 is 0 Å². The molecule has 1 aliphatic carbocycles. The maximum Gasteiger partial charge on any atom is 0.0571 e. The van der Waals surface area contributed by atoms with E-state index in [1.165, 1.54) is 12.8 Å². The van der Waals surface area contributed by atoms with Gasteiger partial charge in [-0.15, -0.1) is 0 Å². The Morgan fingerprint density at radius 3 is 2.08 bits per heavy atom. The molecule has 3 atom stereocenters. The first-order valence-electron chi connectivity index (χ1n) is 5.70. The fourth-order valence-corrected chi connectivity index (χ4v) is 2.55. The highest BCUT2D eigenvalue weighted by atomic mass is 16.3. The zero-order chi connectivity index (χ0) is 10.0. The van der Waals surface area contributed by atoms with Gasteiger partial charge in [-0.2, -0.15) is 0 Å². The molecule has 1 N–H and O–H groups in total. The number of hydrogen-bond donors (Lipinski definition) is 1. The van der Waals surface area contributed by atoms with Crippen LogP contribution in [0, 0.1) is 23.7 Å². The molecule has 13 heavy (non-hydrogen) atoms. The third-order valence-electron chi connectivity index (χ3n) is 3.70. The molecule has 78 valence electrons. The third-order valence-corrected chi connectivity index (χ3v) is 3.70. The number of aliphatic hydroxyl groups excluding tert-OH is 1. The first-order valence-corrected chi connectivity index (χ1v) is 5.70. The van der Waals surface area contributed by atoms with Crippen LogP contribution in [0.4, 0.5) is 0 Å². The topological polar surface area (TPSA) is 20.2 Å². The minimum absolute atomic E-state index is 0.0324. The van der Waals surface area contributed by atoms with Crippen molar-refractivity contribution in [2.45, 2.75) is 53.1 Å². The van der Waals surface area contributed by atoms with Crippen molar-refractivity contribution < 1.29 is 5.11 Å². The van der Waals surface area contributed by atoms with Crippen molar-refractivity contribution in [1.82, 2.24) is 0 Å². The van der Waals surface area contributed by atoms with Crippen LogP contribution in [0.5, 0.6) is 0 Å². The molecule has 1 saturated carbocycles. The number of hydrogen-bond acceptors (Lipinski definition) is 1. The lowest BCUT2D eigenvalue weighted by Gasteiger charge is -2.37. The molecule has 1 nitrogen and oxygen atoms in total. The molecule has 0 aromatic carbocycles. The highest BCUT2D eigenvalue weighted by Gasteiger charge is 2.32. The molecule has 1 heteroatoms. The van der Waals surface area contributed by atoms with Crippen LogP contribution in [0.15, 0.2) is 0 Å². The van der Waals surface area contributed by atoms with Gasteiger partial charge < -0.3 is 5.11 Å². The molecule has 0 aliphatic heterocycles.